The lowest BCUT2D eigenvalue weighted by molar-refractivity contribution is -0.307. The molecule has 1 heterocycles. The molecular formula is C22H18N5O4-. The number of aliphatic carboxylic acids is 1. The van der Waals surface area contributed by atoms with Gasteiger partial charge in [0.15, 0.2) is 0 Å². The first-order valence-electron chi connectivity index (χ1n) is 9.16. The van der Waals surface area contributed by atoms with Crippen LogP contribution in [0.3, 0.4) is 0 Å². The number of carboxylic acid groups (broad SMARTS) is 1. The molecule has 0 fully saturated rings. The van der Waals surface area contributed by atoms with E-state index >= 15 is 0 Å². The van der Waals surface area contributed by atoms with Crippen LogP contribution < -0.4 is 21.9 Å². The number of nitriles is 1. The summed E-state index contributed by atoms with van der Waals surface area (Å²) < 4.78 is 0. The molecule has 0 saturated heterocycles. The summed E-state index contributed by atoms with van der Waals surface area (Å²) in [5.74, 6) is -2.12. The van der Waals surface area contributed by atoms with Crippen LogP contribution in [0.4, 0.5) is 11.5 Å². The first kappa shape index (κ1) is 21.3. The number of rotatable bonds is 6. The summed E-state index contributed by atoms with van der Waals surface area (Å²) >= 11 is 0. The largest absolute Gasteiger partial charge is 0.548 e. The first-order valence-corrected chi connectivity index (χ1v) is 9.16. The molecule has 0 unspecified atom stereocenters. The van der Waals surface area contributed by atoms with Gasteiger partial charge in [0.2, 0.25) is 5.91 Å². The number of hydrogen-bond donors (Lipinski definition) is 4. The number of aromatic nitrogens is 1. The molecule has 0 aliphatic carbocycles. The van der Waals surface area contributed by atoms with Gasteiger partial charge in [0.25, 0.3) is 0 Å². The second-order valence-electron chi connectivity index (χ2n) is 6.70. The molecule has 6 N–H and O–H groups in total. The van der Waals surface area contributed by atoms with Crippen molar-refractivity contribution in [3.63, 3.8) is 0 Å². The Morgan fingerprint density at radius 3 is 2.58 bits per heavy atom. The second kappa shape index (κ2) is 8.94. The number of nitrogens with two attached hydrogens (primary N) is 2. The summed E-state index contributed by atoms with van der Waals surface area (Å²) in [7, 11) is 0. The fourth-order valence-corrected chi connectivity index (χ4v) is 3.00. The van der Waals surface area contributed by atoms with Crippen LogP contribution in [0.15, 0.2) is 54.6 Å². The molecule has 2 aromatic carbocycles. The van der Waals surface area contributed by atoms with Crippen LogP contribution in [0.2, 0.25) is 0 Å². The number of phenolic OH excluding ortho intramolecular Hbond substituents is 1. The number of phenols is 1. The first-order chi connectivity index (χ1) is 14.8. The monoisotopic (exact) mass is 416 g/mol. The highest BCUT2D eigenvalue weighted by Gasteiger charge is 2.16. The number of carboxylic acids is 1. The highest BCUT2D eigenvalue weighted by Crippen LogP contribution is 2.35. The number of amides is 1. The second-order valence-corrected chi connectivity index (χ2v) is 6.70. The third-order valence-electron chi connectivity index (χ3n) is 4.50. The van der Waals surface area contributed by atoms with Gasteiger partial charge in [-0.2, -0.15) is 5.26 Å². The van der Waals surface area contributed by atoms with Crippen molar-refractivity contribution in [3.8, 4) is 34.2 Å². The zero-order valence-corrected chi connectivity index (χ0v) is 16.2. The van der Waals surface area contributed by atoms with Gasteiger partial charge in [0.1, 0.15) is 23.2 Å². The van der Waals surface area contributed by atoms with Crippen molar-refractivity contribution in [1.29, 1.82) is 5.26 Å². The molecule has 0 aliphatic heterocycles. The Kier molecular flexibility index (Phi) is 6.14. The average molecular weight is 416 g/mol. The molecule has 31 heavy (non-hydrogen) atoms. The van der Waals surface area contributed by atoms with Crippen molar-refractivity contribution >= 4 is 23.4 Å². The normalized spacial score (nSPS) is 11.4. The van der Waals surface area contributed by atoms with Crippen molar-refractivity contribution in [1.82, 2.24) is 4.98 Å². The molecule has 1 amide bonds. The van der Waals surface area contributed by atoms with Crippen molar-refractivity contribution in [2.75, 3.05) is 11.1 Å². The Morgan fingerprint density at radius 2 is 1.90 bits per heavy atom. The van der Waals surface area contributed by atoms with Gasteiger partial charge in [-0.1, -0.05) is 24.3 Å². The molecular weight excluding hydrogens is 398 g/mol. The zero-order chi connectivity index (χ0) is 22.5. The van der Waals surface area contributed by atoms with Gasteiger partial charge >= 0.3 is 0 Å². The molecule has 0 radical (unpaired) electrons. The minimum Gasteiger partial charge on any atom is -0.548 e. The molecule has 9 nitrogen and oxygen atoms in total. The molecule has 9 heteroatoms. The Balaban J connectivity index is 2.00. The van der Waals surface area contributed by atoms with E-state index in [9.17, 15) is 25.1 Å². The number of anilines is 2. The van der Waals surface area contributed by atoms with E-state index in [0.29, 0.717) is 28.1 Å². The summed E-state index contributed by atoms with van der Waals surface area (Å²) in [4.78, 5) is 27.0. The van der Waals surface area contributed by atoms with E-state index in [1.165, 1.54) is 6.07 Å². The van der Waals surface area contributed by atoms with Crippen LogP contribution in [0.5, 0.6) is 5.75 Å². The summed E-state index contributed by atoms with van der Waals surface area (Å²) in [6.45, 7) is 0. The van der Waals surface area contributed by atoms with Crippen molar-refractivity contribution < 1.29 is 19.8 Å². The Hall–Kier alpha value is -4.42. The number of hydrogen-bond acceptors (Lipinski definition) is 8. The lowest BCUT2D eigenvalue weighted by atomic mass is 9.97. The topological polar surface area (TPSA) is 178 Å². The molecule has 1 aromatic heterocycles. The SMILES string of the molecule is N#Cc1c(-c2cccc(NC(=O)C[C@H](N)C(=O)[O-])c2)cc(-c2ccccc2O)nc1N. The van der Waals surface area contributed by atoms with Crippen molar-refractivity contribution in [2.45, 2.75) is 12.5 Å². The molecule has 0 bridgehead atoms. The predicted molar refractivity (Wildman–Crippen MR) is 112 cm³/mol. The fourth-order valence-electron chi connectivity index (χ4n) is 3.00. The lowest BCUT2D eigenvalue weighted by Crippen LogP contribution is -2.43. The lowest BCUT2D eigenvalue weighted by Gasteiger charge is -2.14. The summed E-state index contributed by atoms with van der Waals surface area (Å²) in [6.07, 6.45) is -0.449. The van der Waals surface area contributed by atoms with E-state index in [1.54, 1.807) is 48.5 Å². The number of benzene rings is 2. The fraction of sp³-hybridized carbons (Fsp3) is 0.0909. The van der Waals surface area contributed by atoms with Crippen LogP contribution in [0.1, 0.15) is 12.0 Å². The van der Waals surface area contributed by atoms with E-state index in [1.807, 2.05) is 6.07 Å². The smallest absolute Gasteiger partial charge is 0.226 e. The zero-order valence-electron chi connectivity index (χ0n) is 16.2. The van der Waals surface area contributed by atoms with Crippen LogP contribution in [0.25, 0.3) is 22.4 Å². The molecule has 0 aliphatic rings. The van der Waals surface area contributed by atoms with E-state index in [0.717, 1.165) is 0 Å². The summed E-state index contributed by atoms with van der Waals surface area (Å²) in [5.41, 5.74) is 13.7. The molecule has 3 aromatic rings. The van der Waals surface area contributed by atoms with Gasteiger partial charge in [0.05, 0.1) is 17.7 Å². The highest BCUT2D eigenvalue weighted by atomic mass is 16.4. The summed E-state index contributed by atoms with van der Waals surface area (Å²) in [6, 6.07) is 15.4. The number of aromatic hydroxyl groups is 1. The van der Waals surface area contributed by atoms with Gasteiger partial charge in [-0.3, -0.25) is 4.79 Å². The Morgan fingerprint density at radius 1 is 1.16 bits per heavy atom. The number of carbonyl (C=O) groups excluding carboxylic acids is 2. The van der Waals surface area contributed by atoms with Gasteiger partial charge in [0, 0.05) is 23.2 Å². The van der Waals surface area contributed by atoms with Crippen molar-refractivity contribution in [2.24, 2.45) is 5.73 Å². The van der Waals surface area contributed by atoms with Gasteiger partial charge in [-0.25, -0.2) is 4.98 Å². The van der Waals surface area contributed by atoms with Crippen LogP contribution in [-0.2, 0) is 9.59 Å². The Labute approximate surface area is 177 Å². The number of nitrogens with zero attached hydrogens (tertiary/aromatic N) is 2. The van der Waals surface area contributed by atoms with Crippen LogP contribution in [0, 0.1) is 11.3 Å². The van der Waals surface area contributed by atoms with E-state index < -0.39 is 24.3 Å². The molecule has 1 atom stereocenters. The molecule has 156 valence electrons. The van der Waals surface area contributed by atoms with Gasteiger partial charge in [-0.15, -0.1) is 0 Å². The van der Waals surface area contributed by atoms with E-state index in [4.69, 9.17) is 11.5 Å². The minimum atomic E-state index is -1.52. The molecule has 3 rings (SSSR count). The minimum absolute atomic E-state index is 0.00683. The third-order valence-corrected chi connectivity index (χ3v) is 4.50. The number of carbonyl (C=O) groups is 2. The number of nitrogens with one attached hydrogen (secondary N) is 1. The van der Waals surface area contributed by atoms with Crippen molar-refractivity contribution in [3.05, 3.63) is 60.2 Å². The van der Waals surface area contributed by atoms with E-state index in [2.05, 4.69) is 10.3 Å². The van der Waals surface area contributed by atoms with Gasteiger partial charge in [-0.05, 0) is 35.9 Å². The quantitative estimate of drug-likeness (QED) is 0.459. The van der Waals surface area contributed by atoms with Crippen LogP contribution in [-0.4, -0.2) is 28.0 Å². The van der Waals surface area contributed by atoms with E-state index in [-0.39, 0.29) is 17.1 Å². The maximum atomic E-state index is 12.0. The highest BCUT2D eigenvalue weighted by molar-refractivity contribution is 5.94. The standard InChI is InChI=1S/C22H19N5O4/c23-11-16-15(9-18(27-21(16)25)14-6-1-2-7-19(14)28)12-4-3-5-13(8-12)26-20(29)10-17(24)22(30)31/h1-9,17,28H,10,24H2,(H2,25,27)(H,26,29)(H,30,31)/p-1/t17-/m0/s1. The number of pyridine rings is 1. The molecule has 0 saturated carbocycles. The average Bonchev–Trinajstić information content (AvgIpc) is 2.73. The number of para-hydroxylation sites is 1. The maximum Gasteiger partial charge on any atom is 0.226 e. The third kappa shape index (κ3) is 4.77. The predicted octanol–water partition coefficient (Wildman–Crippen LogP) is 0.981. The summed E-state index contributed by atoms with van der Waals surface area (Å²) in [5, 5.41) is 33.0. The Bertz CT molecular complexity index is 1200. The number of nitrogen functional groups attached to an aromatic ring is 1. The van der Waals surface area contributed by atoms with Crippen LogP contribution >= 0.6 is 0 Å². The van der Waals surface area contributed by atoms with Gasteiger partial charge < -0.3 is 31.8 Å². The molecule has 0 spiro atoms. The maximum absolute atomic E-state index is 12.0.